The summed E-state index contributed by atoms with van der Waals surface area (Å²) in [4.78, 5) is 28.6. The maximum absolute atomic E-state index is 13.2. The van der Waals surface area contributed by atoms with Gasteiger partial charge in [0.05, 0.1) is 5.52 Å². The summed E-state index contributed by atoms with van der Waals surface area (Å²) < 4.78 is 0. The minimum atomic E-state index is -0.344. The Bertz CT molecular complexity index is 1030. The lowest BCUT2D eigenvalue weighted by Crippen LogP contribution is -2.53. The minimum absolute atomic E-state index is 0.153. The number of nitrogens with zero attached hydrogens (tertiary/aromatic N) is 4. The second kappa shape index (κ2) is 8.48. The molecule has 0 unspecified atom stereocenters. The fourth-order valence-electron chi connectivity index (χ4n) is 4.15. The summed E-state index contributed by atoms with van der Waals surface area (Å²) in [5, 5.41) is 4.12. The molecule has 6 heteroatoms. The van der Waals surface area contributed by atoms with Gasteiger partial charge in [0.15, 0.2) is 0 Å². The van der Waals surface area contributed by atoms with Gasteiger partial charge in [0.25, 0.3) is 5.91 Å². The van der Waals surface area contributed by atoms with Crippen molar-refractivity contribution in [2.45, 2.75) is 39.2 Å². The van der Waals surface area contributed by atoms with Crippen molar-refractivity contribution >= 4 is 16.8 Å². The highest BCUT2D eigenvalue weighted by atomic mass is 16.2. The zero-order valence-corrected chi connectivity index (χ0v) is 17.9. The molecule has 0 aromatic carbocycles. The number of pyridine rings is 3. The number of carbonyl (C=O) groups excluding carboxylic acids is 1. The first-order valence-corrected chi connectivity index (χ1v) is 10.6. The van der Waals surface area contributed by atoms with Crippen molar-refractivity contribution in [2.75, 3.05) is 19.6 Å². The predicted molar refractivity (Wildman–Crippen MR) is 119 cm³/mol. The summed E-state index contributed by atoms with van der Waals surface area (Å²) in [6, 6.07) is 7.57. The van der Waals surface area contributed by atoms with Crippen molar-refractivity contribution in [1.29, 1.82) is 0 Å². The van der Waals surface area contributed by atoms with Crippen LogP contribution >= 0.6 is 0 Å². The van der Waals surface area contributed by atoms with Gasteiger partial charge < -0.3 is 10.2 Å². The summed E-state index contributed by atoms with van der Waals surface area (Å²) >= 11 is 0. The van der Waals surface area contributed by atoms with Crippen molar-refractivity contribution < 1.29 is 4.79 Å². The molecular weight excluding hydrogens is 374 g/mol. The van der Waals surface area contributed by atoms with E-state index in [1.54, 1.807) is 24.8 Å². The molecule has 0 spiro atoms. The van der Waals surface area contributed by atoms with E-state index in [0.29, 0.717) is 5.69 Å². The Balaban J connectivity index is 1.59. The van der Waals surface area contributed by atoms with E-state index in [2.05, 4.69) is 45.9 Å². The van der Waals surface area contributed by atoms with E-state index < -0.39 is 0 Å². The molecule has 1 fully saturated rings. The van der Waals surface area contributed by atoms with Crippen LogP contribution in [0.5, 0.6) is 0 Å². The van der Waals surface area contributed by atoms with Gasteiger partial charge in [0, 0.05) is 42.3 Å². The topological polar surface area (TPSA) is 71.0 Å². The molecule has 1 aliphatic heterocycles. The molecule has 0 aliphatic carbocycles. The monoisotopic (exact) mass is 403 g/mol. The van der Waals surface area contributed by atoms with Crippen LogP contribution in [0, 0.1) is 5.92 Å². The highest BCUT2D eigenvalue weighted by Gasteiger charge is 2.27. The summed E-state index contributed by atoms with van der Waals surface area (Å²) in [5.74, 6) is 0.640. The van der Waals surface area contributed by atoms with Gasteiger partial charge in [-0.1, -0.05) is 6.92 Å². The SMILES string of the molecule is CC1CCN(CC(C)(C)NC(=O)c2cc(-c3ccncc3)c3cnccc3n2)CC1. The second-order valence-electron chi connectivity index (χ2n) is 8.98. The number of amides is 1. The molecule has 30 heavy (non-hydrogen) atoms. The van der Waals surface area contributed by atoms with E-state index in [9.17, 15) is 4.79 Å². The molecule has 4 rings (SSSR count). The van der Waals surface area contributed by atoms with Crippen LogP contribution in [0.3, 0.4) is 0 Å². The van der Waals surface area contributed by atoms with E-state index in [0.717, 1.165) is 47.6 Å². The molecule has 4 heterocycles. The third kappa shape index (κ3) is 4.65. The molecule has 0 atom stereocenters. The number of rotatable bonds is 5. The molecule has 0 radical (unpaired) electrons. The summed E-state index contributed by atoms with van der Waals surface area (Å²) in [7, 11) is 0. The van der Waals surface area contributed by atoms with E-state index in [4.69, 9.17) is 0 Å². The first-order chi connectivity index (χ1) is 14.4. The Hall–Kier alpha value is -2.86. The molecule has 1 saturated heterocycles. The highest BCUT2D eigenvalue weighted by Crippen LogP contribution is 2.28. The Labute approximate surface area is 177 Å². The van der Waals surface area contributed by atoms with Gasteiger partial charge in [0.1, 0.15) is 5.69 Å². The number of nitrogens with one attached hydrogen (secondary N) is 1. The number of hydrogen-bond donors (Lipinski definition) is 1. The largest absolute Gasteiger partial charge is 0.345 e. The maximum Gasteiger partial charge on any atom is 0.270 e. The average Bonchev–Trinajstić information content (AvgIpc) is 2.74. The molecule has 1 N–H and O–H groups in total. The predicted octanol–water partition coefficient (Wildman–Crippen LogP) is 3.93. The minimum Gasteiger partial charge on any atom is -0.345 e. The Morgan fingerprint density at radius 2 is 1.83 bits per heavy atom. The Morgan fingerprint density at radius 1 is 1.13 bits per heavy atom. The molecule has 6 nitrogen and oxygen atoms in total. The molecule has 0 bridgehead atoms. The number of carbonyl (C=O) groups is 1. The quantitative estimate of drug-likeness (QED) is 0.699. The van der Waals surface area contributed by atoms with Crippen molar-refractivity contribution in [3.05, 3.63) is 54.7 Å². The van der Waals surface area contributed by atoms with Crippen LogP contribution in [-0.4, -0.2) is 50.9 Å². The molecule has 156 valence electrons. The smallest absolute Gasteiger partial charge is 0.270 e. The molecule has 3 aromatic heterocycles. The van der Waals surface area contributed by atoms with E-state index in [1.807, 2.05) is 24.3 Å². The number of aromatic nitrogens is 3. The van der Waals surface area contributed by atoms with Gasteiger partial charge in [-0.2, -0.15) is 0 Å². The molecule has 1 amide bonds. The number of piperidine rings is 1. The molecule has 0 saturated carbocycles. The van der Waals surface area contributed by atoms with Crippen LogP contribution in [0.25, 0.3) is 22.0 Å². The van der Waals surface area contributed by atoms with E-state index in [1.165, 1.54) is 12.8 Å². The van der Waals surface area contributed by atoms with Gasteiger partial charge in [-0.15, -0.1) is 0 Å². The number of hydrogen-bond acceptors (Lipinski definition) is 5. The summed E-state index contributed by atoms with van der Waals surface area (Å²) in [6.45, 7) is 9.49. The molecule has 3 aromatic rings. The maximum atomic E-state index is 13.2. The van der Waals surface area contributed by atoms with Crippen molar-refractivity contribution in [2.24, 2.45) is 5.92 Å². The zero-order valence-electron chi connectivity index (χ0n) is 17.9. The highest BCUT2D eigenvalue weighted by molar-refractivity contribution is 6.01. The number of fused-ring (bicyclic) bond motifs is 1. The van der Waals surface area contributed by atoms with Crippen molar-refractivity contribution in [3.63, 3.8) is 0 Å². The lowest BCUT2D eigenvalue weighted by atomic mass is 9.96. The van der Waals surface area contributed by atoms with Crippen LogP contribution < -0.4 is 5.32 Å². The Morgan fingerprint density at radius 3 is 2.57 bits per heavy atom. The fraction of sp³-hybridized carbons (Fsp3) is 0.417. The fourth-order valence-corrected chi connectivity index (χ4v) is 4.15. The standard InChI is InChI=1S/C24H29N5O/c1-17-7-12-29(13-8-17)16-24(2,3)28-23(30)22-14-19(18-4-9-25-10-5-18)20-15-26-11-6-21(20)27-22/h4-6,9-11,14-15,17H,7-8,12-13,16H2,1-3H3,(H,28,30). The van der Waals surface area contributed by atoms with Crippen LogP contribution in [0.4, 0.5) is 0 Å². The first kappa shape index (κ1) is 20.4. The van der Waals surface area contributed by atoms with Crippen LogP contribution in [0.15, 0.2) is 49.1 Å². The van der Waals surface area contributed by atoms with Gasteiger partial charge in [-0.3, -0.25) is 14.8 Å². The number of likely N-dealkylation sites (tertiary alicyclic amines) is 1. The first-order valence-electron chi connectivity index (χ1n) is 10.6. The van der Waals surface area contributed by atoms with Gasteiger partial charge in [0.2, 0.25) is 0 Å². The third-order valence-corrected chi connectivity index (χ3v) is 5.78. The van der Waals surface area contributed by atoms with Crippen LogP contribution in [-0.2, 0) is 0 Å². The van der Waals surface area contributed by atoms with Gasteiger partial charge in [-0.05, 0) is 81.1 Å². The zero-order chi connectivity index (χ0) is 21.1. The average molecular weight is 404 g/mol. The summed E-state index contributed by atoms with van der Waals surface area (Å²) in [6.07, 6.45) is 9.44. The Kier molecular flexibility index (Phi) is 5.77. The van der Waals surface area contributed by atoms with Crippen molar-refractivity contribution in [1.82, 2.24) is 25.2 Å². The van der Waals surface area contributed by atoms with E-state index >= 15 is 0 Å². The lowest BCUT2D eigenvalue weighted by molar-refractivity contribution is 0.0863. The van der Waals surface area contributed by atoms with Crippen LogP contribution in [0.1, 0.15) is 44.1 Å². The summed E-state index contributed by atoms with van der Waals surface area (Å²) in [5.41, 5.74) is 2.75. The van der Waals surface area contributed by atoms with Gasteiger partial charge >= 0.3 is 0 Å². The molecular formula is C24H29N5O. The molecule has 1 aliphatic rings. The lowest BCUT2D eigenvalue weighted by Gasteiger charge is -2.37. The van der Waals surface area contributed by atoms with Gasteiger partial charge in [-0.25, -0.2) is 4.98 Å². The second-order valence-corrected chi connectivity index (χ2v) is 8.98. The van der Waals surface area contributed by atoms with Crippen LogP contribution in [0.2, 0.25) is 0 Å². The van der Waals surface area contributed by atoms with E-state index in [-0.39, 0.29) is 11.4 Å². The third-order valence-electron chi connectivity index (χ3n) is 5.78. The normalized spacial score (nSPS) is 16.0. The van der Waals surface area contributed by atoms with Crippen molar-refractivity contribution in [3.8, 4) is 11.1 Å².